The lowest BCUT2D eigenvalue weighted by Crippen LogP contribution is -2.27. The zero-order valence-electron chi connectivity index (χ0n) is 11.9. The molecule has 1 aromatic carbocycles. The predicted octanol–water partition coefficient (Wildman–Crippen LogP) is 3.42. The van der Waals surface area contributed by atoms with Gasteiger partial charge < -0.3 is 10.2 Å². The van der Waals surface area contributed by atoms with E-state index in [9.17, 15) is 0 Å². The molecule has 0 aromatic heterocycles. The minimum Gasteiger partial charge on any atom is -0.369 e. The van der Waals surface area contributed by atoms with Crippen LogP contribution in [0.1, 0.15) is 39.2 Å². The van der Waals surface area contributed by atoms with Crippen molar-refractivity contribution in [2.75, 3.05) is 18.0 Å². The van der Waals surface area contributed by atoms with Crippen LogP contribution in [0.2, 0.25) is 0 Å². The molecule has 0 unspecified atom stereocenters. The average molecular weight is 246 g/mol. The van der Waals surface area contributed by atoms with Gasteiger partial charge in [-0.3, -0.25) is 0 Å². The van der Waals surface area contributed by atoms with E-state index in [0.717, 1.165) is 25.7 Å². The highest BCUT2D eigenvalue weighted by molar-refractivity contribution is 5.55. The first kappa shape index (κ1) is 13.4. The standard InChI is InChI=1S/C16H26N2/c1-4-18(15-9-10-15)16-8-6-5-7-14(16)12-17-11-13(2)3/h5-8,13,15,17H,4,9-12H2,1-3H3. The van der Waals surface area contributed by atoms with Gasteiger partial charge in [-0.2, -0.15) is 0 Å². The quantitative estimate of drug-likeness (QED) is 0.793. The summed E-state index contributed by atoms with van der Waals surface area (Å²) in [5.41, 5.74) is 2.87. The van der Waals surface area contributed by atoms with Crippen LogP contribution in [0.4, 0.5) is 5.69 Å². The molecule has 1 fully saturated rings. The lowest BCUT2D eigenvalue weighted by Gasteiger charge is -2.26. The Morgan fingerprint density at radius 1 is 1.28 bits per heavy atom. The number of anilines is 1. The van der Waals surface area contributed by atoms with E-state index in [1.54, 1.807) is 0 Å². The van der Waals surface area contributed by atoms with Crippen LogP contribution >= 0.6 is 0 Å². The molecule has 0 spiro atoms. The Labute approximate surface area is 111 Å². The maximum Gasteiger partial charge on any atom is 0.0414 e. The molecule has 2 heteroatoms. The normalized spacial score (nSPS) is 15.1. The highest BCUT2D eigenvalue weighted by Gasteiger charge is 2.28. The van der Waals surface area contributed by atoms with Crippen molar-refractivity contribution in [2.24, 2.45) is 5.92 Å². The van der Waals surface area contributed by atoms with Crippen molar-refractivity contribution in [3.63, 3.8) is 0 Å². The molecule has 100 valence electrons. The molecule has 1 aliphatic rings. The highest BCUT2D eigenvalue weighted by Crippen LogP contribution is 2.33. The monoisotopic (exact) mass is 246 g/mol. The summed E-state index contributed by atoms with van der Waals surface area (Å²) >= 11 is 0. The first-order valence-corrected chi connectivity index (χ1v) is 7.27. The van der Waals surface area contributed by atoms with Gasteiger partial charge in [-0.15, -0.1) is 0 Å². The minimum absolute atomic E-state index is 0.711. The van der Waals surface area contributed by atoms with Gasteiger partial charge in [0.1, 0.15) is 0 Å². The van der Waals surface area contributed by atoms with E-state index >= 15 is 0 Å². The van der Waals surface area contributed by atoms with Crippen LogP contribution in [0.5, 0.6) is 0 Å². The fourth-order valence-corrected chi connectivity index (χ4v) is 2.45. The largest absolute Gasteiger partial charge is 0.369 e. The van der Waals surface area contributed by atoms with Crippen LogP contribution in [0.25, 0.3) is 0 Å². The third kappa shape index (κ3) is 3.49. The van der Waals surface area contributed by atoms with Crippen LogP contribution < -0.4 is 10.2 Å². The summed E-state index contributed by atoms with van der Waals surface area (Å²) in [5.74, 6) is 0.711. The van der Waals surface area contributed by atoms with Crippen molar-refractivity contribution in [1.29, 1.82) is 0 Å². The molecule has 1 aromatic rings. The van der Waals surface area contributed by atoms with Gasteiger partial charge in [-0.25, -0.2) is 0 Å². The molecule has 0 heterocycles. The topological polar surface area (TPSA) is 15.3 Å². The van der Waals surface area contributed by atoms with Crippen molar-refractivity contribution in [3.05, 3.63) is 29.8 Å². The maximum atomic E-state index is 3.55. The van der Waals surface area contributed by atoms with Gasteiger partial charge in [0.25, 0.3) is 0 Å². The third-order valence-electron chi connectivity index (χ3n) is 3.50. The Morgan fingerprint density at radius 2 is 2.00 bits per heavy atom. The molecule has 0 amide bonds. The Balaban J connectivity index is 2.04. The minimum atomic E-state index is 0.711. The maximum absolute atomic E-state index is 3.55. The van der Waals surface area contributed by atoms with Gasteiger partial charge >= 0.3 is 0 Å². The van der Waals surface area contributed by atoms with E-state index in [2.05, 4.69) is 55.3 Å². The van der Waals surface area contributed by atoms with Crippen molar-refractivity contribution < 1.29 is 0 Å². The van der Waals surface area contributed by atoms with Crippen LogP contribution in [0.15, 0.2) is 24.3 Å². The highest BCUT2D eigenvalue weighted by atomic mass is 15.2. The molecule has 2 rings (SSSR count). The molecule has 1 N–H and O–H groups in total. The number of hydrogen-bond donors (Lipinski definition) is 1. The van der Waals surface area contributed by atoms with Crippen molar-refractivity contribution in [3.8, 4) is 0 Å². The summed E-state index contributed by atoms with van der Waals surface area (Å²) in [6.07, 6.45) is 2.73. The fraction of sp³-hybridized carbons (Fsp3) is 0.625. The third-order valence-corrected chi connectivity index (χ3v) is 3.50. The zero-order chi connectivity index (χ0) is 13.0. The molecule has 1 aliphatic carbocycles. The number of benzene rings is 1. The van der Waals surface area contributed by atoms with E-state index in [0.29, 0.717) is 5.92 Å². The lowest BCUT2D eigenvalue weighted by atomic mass is 10.1. The molecule has 0 atom stereocenters. The smallest absolute Gasteiger partial charge is 0.0414 e. The Morgan fingerprint density at radius 3 is 2.61 bits per heavy atom. The van der Waals surface area contributed by atoms with E-state index in [1.807, 2.05) is 0 Å². The molecule has 0 bridgehead atoms. The van der Waals surface area contributed by atoms with Gasteiger partial charge in [-0.1, -0.05) is 32.0 Å². The number of nitrogens with one attached hydrogen (secondary N) is 1. The molecule has 0 aliphatic heterocycles. The zero-order valence-corrected chi connectivity index (χ0v) is 11.9. The summed E-state index contributed by atoms with van der Waals surface area (Å²) in [4.78, 5) is 2.56. The second kappa shape index (κ2) is 6.24. The first-order valence-electron chi connectivity index (χ1n) is 7.27. The first-order chi connectivity index (χ1) is 8.72. The molecule has 0 saturated heterocycles. The van der Waals surface area contributed by atoms with Gasteiger partial charge in [0.15, 0.2) is 0 Å². The summed E-state index contributed by atoms with van der Waals surface area (Å²) in [6, 6.07) is 9.63. The summed E-state index contributed by atoms with van der Waals surface area (Å²) in [6.45, 7) is 9.95. The van der Waals surface area contributed by atoms with E-state index in [4.69, 9.17) is 0 Å². The Hall–Kier alpha value is -1.02. The SMILES string of the molecule is CCN(c1ccccc1CNCC(C)C)C1CC1. The van der Waals surface area contributed by atoms with Gasteiger partial charge in [0, 0.05) is 24.8 Å². The van der Waals surface area contributed by atoms with Gasteiger partial charge in [-0.05, 0) is 43.9 Å². The number of hydrogen-bond acceptors (Lipinski definition) is 2. The molecule has 18 heavy (non-hydrogen) atoms. The molecule has 2 nitrogen and oxygen atoms in total. The van der Waals surface area contributed by atoms with Crippen LogP contribution in [-0.4, -0.2) is 19.1 Å². The van der Waals surface area contributed by atoms with Crippen molar-refractivity contribution >= 4 is 5.69 Å². The Kier molecular flexibility index (Phi) is 4.65. The van der Waals surface area contributed by atoms with E-state index in [-0.39, 0.29) is 0 Å². The van der Waals surface area contributed by atoms with Gasteiger partial charge in [0.2, 0.25) is 0 Å². The number of rotatable bonds is 7. The van der Waals surface area contributed by atoms with Crippen molar-refractivity contribution in [2.45, 2.75) is 46.2 Å². The van der Waals surface area contributed by atoms with E-state index < -0.39 is 0 Å². The van der Waals surface area contributed by atoms with Crippen LogP contribution in [0.3, 0.4) is 0 Å². The predicted molar refractivity (Wildman–Crippen MR) is 79.0 cm³/mol. The van der Waals surface area contributed by atoms with Gasteiger partial charge in [0.05, 0.1) is 0 Å². The second-order valence-corrected chi connectivity index (χ2v) is 5.67. The molecular weight excluding hydrogens is 220 g/mol. The second-order valence-electron chi connectivity index (χ2n) is 5.67. The van der Waals surface area contributed by atoms with Crippen LogP contribution in [0, 0.1) is 5.92 Å². The molecular formula is C16H26N2. The summed E-state index contributed by atoms with van der Waals surface area (Å²) in [7, 11) is 0. The fourth-order valence-electron chi connectivity index (χ4n) is 2.45. The lowest BCUT2D eigenvalue weighted by molar-refractivity contribution is 0.552. The number of para-hydroxylation sites is 1. The number of nitrogens with zero attached hydrogens (tertiary/aromatic N) is 1. The molecule has 1 saturated carbocycles. The van der Waals surface area contributed by atoms with E-state index in [1.165, 1.54) is 24.1 Å². The Bertz CT molecular complexity index is 369. The average Bonchev–Trinajstić information content (AvgIpc) is 3.16. The summed E-state index contributed by atoms with van der Waals surface area (Å²) in [5, 5.41) is 3.55. The molecule has 0 radical (unpaired) electrons. The summed E-state index contributed by atoms with van der Waals surface area (Å²) < 4.78 is 0. The van der Waals surface area contributed by atoms with Crippen molar-refractivity contribution in [1.82, 2.24) is 5.32 Å². The van der Waals surface area contributed by atoms with Crippen LogP contribution in [-0.2, 0) is 6.54 Å².